The van der Waals surface area contributed by atoms with Gasteiger partial charge in [0, 0.05) is 19.4 Å². The van der Waals surface area contributed by atoms with Crippen LogP contribution in [-0.2, 0) is 13.6 Å². The molecule has 17 heavy (non-hydrogen) atoms. The molecule has 0 saturated carbocycles. The molecule has 1 aromatic carbocycles. The number of aromatic nitrogens is 3. The van der Waals surface area contributed by atoms with Gasteiger partial charge >= 0.3 is 5.69 Å². The number of benzene rings is 1. The molecule has 0 aliphatic carbocycles. The Morgan fingerprint density at radius 2 is 2.12 bits per heavy atom. The summed E-state index contributed by atoms with van der Waals surface area (Å²) in [6.45, 7) is 0.541. The van der Waals surface area contributed by atoms with Crippen LogP contribution in [0.3, 0.4) is 0 Å². The highest BCUT2D eigenvalue weighted by Gasteiger charge is 2.06. The molecular formula is C12H11N3OS. The van der Waals surface area contributed by atoms with Crippen molar-refractivity contribution in [3.63, 3.8) is 0 Å². The minimum Gasteiger partial charge on any atom is -0.302 e. The fourth-order valence-electron chi connectivity index (χ4n) is 1.76. The normalized spacial score (nSPS) is 11.1. The first kappa shape index (κ1) is 10.3. The smallest absolute Gasteiger partial charge is 0.302 e. The molecule has 0 unspecified atom stereocenters. The number of thiazole rings is 1. The zero-order chi connectivity index (χ0) is 11.8. The Morgan fingerprint density at radius 3 is 2.82 bits per heavy atom. The summed E-state index contributed by atoms with van der Waals surface area (Å²) in [6.07, 6.45) is 3.55. The maximum atomic E-state index is 11.7. The third-order valence-corrected chi connectivity index (χ3v) is 3.68. The lowest BCUT2D eigenvalue weighted by molar-refractivity contribution is 0.715. The minimum absolute atomic E-state index is 0.00995. The number of imidazole rings is 1. The number of aryl methyl sites for hydroxylation is 1. The number of rotatable bonds is 2. The molecule has 86 valence electrons. The second-order valence-electron chi connectivity index (χ2n) is 3.89. The van der Waals surface area contributed by atoms with E-state index in [0.717, 1.165) is 15.2 Å². The monoisotopic (exact) mass is 245 g/mol. The predicted octanol–water partition coefficient (Wildman–Crippen LogP) is 1.84. The predicted molar refractivity (Wildman–Crippen MR) is 68.4 cm³/mol. The van der Waals surface area contributed by atoms with E-state index in [9.17, 15) is 4.79 Å². The highest BCUT2D eigenvalue weighted by Crippen LogP contribution is 2.21. The average molecular weight is 245 g/mol. The van der Waals surface area contributed by atoms with E-state index in [1.54, 1.807) is 39.9 Å². The van der Waals surface area contributed by atoms with Crippen molar-refractivity contribution in [1.82, 2.24) is 14.1 Å². The summed E-state index contributed by atoms with van der Waals surface area (Å²) < 4.78 is 4.39. The Kier molecular flexibility index (Phi) is 2.33. The van der Waals surface area contributed by atoms with E-state index in [-0.39, 0.29) is 5.69 Å². The molecule has 0 aliphatic heterocycles. The van der Waals surface area contributed by atoms with E-state index >= 15 is 0 Å². The molecule has 4 nitrogen and oxygen atoms in total. The maximum Gasteiger partial charge on any atom is 0.328 e. The summed E-state index contributed by atoms with van der Waals surface area (Å²) in [4.78, 5) is 16.2. The second-order valence-corrected chi connectivity index (χ2v) is 5.01. The average Bonchev–Trinajstić information content (AvgIpc) is 2.87. The summed E-state index contributed by atoms with van der Waals surface area (Å²) >= 11 is 1.63. The molecule has 0 N–H and O–H groups in total. The molecule has 3 aromatic rings. The quantitative estimate of drug-likeness (QED) is 0.691. The molecule has 0 saturated heterocycles. The van der Waals surface area contributed by atoms with Crippen LogP contribution in [-0.4, -0.2) is 14.1 Å². The molecule has 5 heteroatoms. The Hall–Kier alpha value is -1.88. The second kappa shape index (κ2) is 3.85. The van der Waals surface area contributed by atoms with Crippen LogP contribution in [0.2, 0.25) is 0 Å². The Morgan fingerprint density at radius 1 is 1.29 bits per heavy atom. The van der Waals surface area contributed by atoms with Crippen LogP contribution in [0.1, 0.15) is 5.01 Å². The SMILES string of the molecule is Cn1ccn(Cc2nc3ccccc3s2)c1=O. The van der Waals surface area contributed by atoms with Gasteiger partial charge in [-0.05, 0) is 12.1 Å². The van der Waals surface area contributed by atoms with E-state index in [2.05, 4.69) is 4.98 Å². The standard InChI is InChI=1S/C12H11N3OS/c1-14-6-7-15(12(14)16)8-11-13-9-4-2-3-5-10(9)17-11/h2-7H,8H2,1H3. The summed E-state index contributed by atoms with van der Waals surface area (Å²) in [5.74, 6) is 0. The molecule has 0 bridgehead atoms. The van der Waals surface area contributed by atoms with Gasteiger partial charge in [0.1, 0.15) is 5.01 Å². The van der Waals surface area contributed by atoms with Crippen LogP contribution in [0, 0.1) is 0 Å². The van der Waals surface area contributed by atoms with Crippen molar-refractivity contribution in [3.05, 3.63) is 52.2 Å². The van der Waals surface area contributed by atoms with Gasteiger partial charge in [-0.2, -0.15) is 0 Å². The first-order chi connectivity index (χ1) is 8.24. The van der Waals surface area contributed by atoms with Crippen molar-refractivity contribution in [2.75, 3.05) is 0 Å². The van der Waals surface area contributed by atoms with Crippen molar-refractivity contribution < 1.29 is 0 Å². The van der Waals surface area contributed by atoms with Gasteiger partial charge in [-0.1, -0.05) is 12.1 Å². The van der Waals surface area contributed by atoms with Gasteiger partial charge in [-0.15, -0.1) is 11.3 Å². The number of hydrogen-bond donors (Lipinski definition) is 0. The van der Waals surface area contributed by atoms with Crippen LogP contribution < -0.4 is 5.69 Å². The fraction of sp³-hybridized carbons (Fsp3) is 0.167. The van der Waals surface area contributed by atoms with Crippen molar-refractivity contribution in [2.24, 2.45) is 7.05 Å². The highest BCUT2D eigenvalue weighted by atomic mass is 32.1. The molecule has 0 spiro atoms. The molecule has 2 aromatic heterocycles. The van der Waals surface area contributed by atoms with E-state index < -0.39 is 0 Å². The van der Waals surface area contributed by atoms with Gasteiger partial charge in [-0.25, -0.2) is 9.78 Å². The van der Waals surface area contributed by atoms with Crippen LogP contribution in [0.5, 0.6) is 0 Å². The van der Waals surface area contributed by atoms with Gasteiger partial charge in [0.15, 0.2) is 0 Å². The lowest BCUT2D eigenvalue weighted by Crippen LogP contribution is -2.22. The maximum absolute atomic E-state index is 11.7. The molecule has 2 heterocycles. The van der Waals surface area contributed by atoms with Crippen LogP contribution in [0.15, 0.2) is 41.5 Å². The Balaban J connectivity index is 2.00. The molecule has 0 amide bonds. The number of nitrogens with zero attached hydrogens (tertiary/aromatic N) is 3. The highest BCUT2D eigenvalue weighted by molar-refractivity contribution is 7.18. The van der Waals surface area contributed by atoms with Gasteiger partial charge < -0.3 is 4.57 Å². The van der Waals surface area contributed by atoms with Crippen LogP contribution >= 0.6 is 11.3 Å². The van der Waals surface area contributed by atoms with Gasteiger partial charge in [0.2, 0.25) is 0 Å². The molecule has 0 fully saturated rings. The van der Waals surface area contributed by atoms with Crippen LogP contribution in [0.25, 0.3) is 10.2 Å². The number of para-hydroxylation sites is 1. The zero-order valence-corrected chi connectivity index (χ0v) is 10.1. The lowest BCUT2D eigenvalue weighted by atomic mass is 10.3. The first-order valence-electron chi connectivity index (χ1n) is 5.30. The van der Waals surface area contributed by atoms with Gasteiger partial charge in [-0.3, -0.25) is 4.57 Å². The van der Waals surface area contributed by atoms with Crippen molar-refractivity contribution >= 4 is 21.6 Å². The van der Waals surface area contributed by atoms with E-state index in [0.29, 0.717) is 6.54 Å². The summed E-state index contributed by atoms with van der Waals surface area (Å²) in [7, 11) is 1.75. The van der Waals surface area contributed by atoms with Crippen LogP contribution in [0.4, 0.5) is 0 Å². The van der Waals surface area contributed by atoms with Gasteiger partial charge in [0.25, 0.3) is 0 Å². The number of hydrogen-bond acceptors (Lipinski definition) is 3. The lowest BCUT2D eigenvalue weighted by Gasteiger charge is -1.95. The summed E-state index contributed by atoms with van der Waals surface area (Å²) in [6, 6.07) is 8.01. The zero-order valence-electron chi connectivity index (χ0n) is 9.33. The van der Waals surface area contributed by atoms with Crippen molar-refractivity contribution in [1.29, 1.82) is 0 Å². The van der Waals surface area contributed by atoms with E-state index in [4.69, 9.17) is 0 Å². The topological polar surface area (TPSA) is 39.8 Å². The van der Waals surface area contributed by atoms with E-state index in [1.165, 1.54) is 0 Å². The molecule has 0 radical (unpaired) electrons. The summed E-state index contributed by atoms with van der Waals surface area (Å²) in [5, 5.41) is 0.958. The van der Waals surface area contributed by atoms with Crippen molar-refractivity contribution in [3.8, 4) is 0 Å². The van der Waals surface area contributed by atoms with E-state index in [1.807, 2.05) is 24.3 Å². The Bertz CT molecular complexity index is 690. The fourth-order valence-corrected chi connectivity index (χ4v) is 2.73. The molecular weight excluding hydrogens is 234 g/mol. The first-order valence-corrected chi connectivity index (χ1v) is 6.12. The summed E-state index contributed by atoms with van der Waals surface area (Å²) in [5.41, 5.74) is 0.987. The third-order valence-electron chi connectivity index (χ3n) is 2.66. The number of fused-ring (bicyclic) bond motifs is 1. The van der Waals surface area contributed by atoms with Crippen molar-refractivity contribution in [2.45, 2.75) is 6.54 Å². The largest absolute Gasteiger partial charge is 0.328 e. The molecule has 0 atom stereocenters. The Labute approximate surface area is 102 Å². The molecule has 0 aliphatic rings. The molecule has 3 rings (SSSR count). The van der Waals surface area contributed by atoms with Gasteiger partial charge in [0.05, 0.1) is 16.8 Å². The third kappa shape index (κ3) is 1.78. The minimum atomic E-state index is -0.00995.